The van der Waals surface area contributed by atoms with Crippen molar-refractivity contribution in [1.82, 2.24) is 4.98 Å². The number of fused-ring (bicyclic) bond motifs is 1. The molecule has 0 unspecified atom stereocenters. The van der Waals surface area contributed by atoms with Gasteiger partial charge in [-0.2, -0.15) is 0 Å². The molecule has 0 aliphatic heterocycles. The Morgan fingerprint density at radius 2 is 1.89 bits per heavy atom. The summed E-state index contributed by atoms with van der Waals surface area (Å²) in [7, 11) is 0. The van der Waals surface area contributed by atoms with Gasteiger partial charge in [0.05, 0.1) is 6.20 Å². The Morgan fingerprint density at radius 1 is 1.11 bits per heavy atom. The quantitative estimate of drug-likeness (QED) is 0.800. The largest absolute Gasteiger partial charge is 0.441 e. The Kier molecular flexibility index (Phi) is 3.36. The van der Waals surface area contributed by atoms with Crippen LogP contribution in [0.1, 0.15) is 5.89 Å². The first-order chi connectivity index (χ1) is 9.26. The molecule has 0 fully saturated rings. The van der Waals surface area contributed by atoms with Gasteiger partial charge in [0.25, 0.3) is 0 Å². The fourth-order valence-corrected chi connectivity index (χ4v) is 2.43. The molecule has 2 N–H and O–H groups in total. The lowest BCUT2D eigenvalue weighted by Crippen LogP contribution is -2.02. The zero-order valence-corrected chi connectivity index (χ0v) is 11.9. The number of aromatic nitrogens is 1. The van der Waals surface area contributed by atoms with E-state index in [9.17, 15) is 0 Å². The van der Waals surface area contributed by atoms with Gasteiger partial charge in [-0.25, -0.2) is 4.98 Å². The Morgan fingerprint density at radius 3 is 2.74 bits per heavy atom. The van der Waals surface area contributed by atoms with E-state index in [2.05, 4.69) is 45.2 Å². The summed E-state index contributed by atoms with van der Waals surface area (Å²) in [6, 6.07) is 12.4. The molecule has 0 spiro atoms. The summed E-state index contributed by atoms with van der Waals surface area (Å²) in [6.45, 7) is 0.547. The van der Waals surface area contributed by atoms with Crippen molar-refractivity contribution in [1.29, 1.82) is 0 Å². The van der Waals surface area contributed by atoms with E-state index in [1.807, 2.05) is 12.1 Å². The van der Waals surface area contributed by atoms with Crippen molar-refractivity contribution in [3.05, 3.63) is 53.0 Å². The zero-order valence-electron chi connectivity index (χ0n) is 10.3. The van der Waals surface area contributed by atoms with Gasteiger partial charge in [0.2, 0.25) is 0 Å². The first-order valence-electron chi connectivity index (χ1n) is 6.11. The minimum absolute atomic E-state index is 0.547. The molecule has 2 aromatic carbocycles. The number of halogens is 1. The average Bonchev–Trinajstić information content (AvgIpc) is 2.87. The summed E-state index contributed by atoms with van der Waals surface area (Å²) in [4.78, 5) is 4.22. The fourth-order valence-electron chi connectivity index (χ4n) is 2.05. The molecule has 1 heterocycles. The summed E-state index contributed by atoms with van der Waals surface area (Å²) < 4.78 is 6.76. The minimum Gasteiger partial charge on any atom is -0.441 e. The number of rotatable bonds is 3. The van der Waals surface area contributed by atoms with Crippen LogP contribution in [0.3, 0.4) is 0 Å². The summed E-state index contributed by atoms with van der Waals surface area (Å²) in [5.41, 5.74) is 6.53. The van der Waals surface area contributed by atoms with Gasteiger partial charge in [-0.3, -0.25) is 0 Å². The van der Waals surface area contributed by atoms with Crippen molar-refractivity contribution in [2.45, 2.75) is 6.42 Å². The standard InChI is InChI=1S/C15H13BrN2O/c16-13-4-3-10-7-12(2-1-11(10)8-13)14-9-18-15(19-14)5-6-17/h1-4,7-9H,5-6,17H2. The molecule has 0 aliphatic rings. The van der Waals surface area contributed by atoms with Crippen LogP contribution in [-0.4, -0.2) is 11.5 Å². The van der Waals surface area contributed by atoms with E-state index in [4.69, 9.17) is 10.2 Å². The average molecular weight is 317 g/mol. The van der Waals surface area contributed by atoms with Crippen molar-refractivity contribution in [2.24, 2.45) is 5.73 Å². The molecule has 0 saturated carbocycles. The molecule has 96 valence electrons. The molecule has 0 atom stereocenters. The number of oxazole rings is 1. The van der Waals surface area contributed by atoms with Crippen LogP contribution < -0.4 is 5.73 Å². The van der Waals surface area contributed by atoms with Crippen LogP contribution in [0.4, 0.5) is 0 Å². The van der Waals surface area contributed by atoms with E-state index in [1.165, 1.54) is 10.8 Å². The Bertz CT molecular complexity index is 721. The Hall–Kier alpha value is -1.65. The first-order valence-corrected chi connectivity index (χ1v) is 6.90. The monoisotopic (exact) mass is 316 g/mol. The van der Waals surface area contributed by atoms with E-state index in [-0.39, 0.29) is 0 Å². The maximum Gasteiger partial charge on any atom is 0.196 e. The van der Waals surface area contributed by atoms with Crippen LogP contribution in [0.2, 0.25) is 0 Å². The van der Waals surface area contributed by atoms with Gasteiger partial charge in [0, 0.05) is 23.0 Å². The maximum absolute atomic E-state index is 5.68. The van der Waals surface area contributed by atoms with Gasteiger partial charge in [-0.15, -0.1) is 0 Å². The van der Waals surface area contributed by atoms with Crippen molar-refractivity contribution in [2.75, 3.05) is 6.54 Å². The Balaban J connectivity index is 2.02. The molecule has 0 aliphatic carbocycles. The number of nitrogens with two attached hydrogens (primary N) is 1. The van der Waals surface area contributed by atoms with Crippen LogP contribution >= 0.6 is 15.9 Å². The van der Waals surface area contributed by atoms with Gasteiger partial charge in [0.15, 0.2) is 11.7 Å². The lowest BCUT2D eigenvalue weighted by Gasteiger charge is -2.01. The molecule has 19 heavy (non-hydrogen) atoms. The number of hydrogen-bond donors (Lipinski definition) is 1. The molecule has 3 rings (SSSR count). The summed E-state index contributed by atoms with van der Waals surface area (Å²) in [6.07, 6.45) is 2.42. The van der Waals surface area contributed by atoms with Gasteiger partial charge in [0.1, 0.15) is 0 Å². The predicted octanol–water partition coefficient (Wildman–Crippen LogP) is 3.76. The second kappa shape index (κ2) is 5.15. The molecule has 0 radical (unpaired) electrons. The van der Waals surface area contributed by atoms with E-state index >= 15 is 0 Å². The molecule has 1 aromatic heterocycles. The van der Waals surface area contributed by atoms with Crippen molar-refractivity contribution in [3.8, 4) is 11.3 Å². The van der Waals surface area contributed by atoms with Gasteiger partial charge in [-0.05, 0) is 29.0 Å². The van der Waals surface area contributed by atoms with E-state index < -0.39 is 0 Å². The van der Waals surface area contributed by atoms with Crippen LogP contribution in [0.5, 0.6) is 0 Å². The SMILES string of the molecule is NCCc1ncc(-c2ccc3cc(Br)ccc3c2)o1. The summed E-state index contributed by atoms with van der Waals surface area (Å²) >= 11 is 3.48. The molecule has 0 bridgehead atoms. The fraction of sp³-hybridized carbons (Fsp3) is 0.133. The lowest BCUT2D eigenvalue weighted by molar-refractivity contribution is 0.508. The minimum atomic E-state index is 0.547. The van der Waals surface area contributed by atoms with Crippen molar-refractivity contribution >= 4 is 26.7 Å². The van der Waals surface area contributed by atoms with Gasteiger partial charge >= 0.3 is 0 Å². The zero-order chi connectivity index (χ0) is 13.2. The van der Waals surface area contributed by atoms with E-state index in [0.29, 0.717) is 18.9 Å². The van der Waals surface area contributed by atoms with Crippen LogP contribution in [0, 0.1) is 0 Å². The second-order valence-corrected chi connectivity index (χ2v) is 5.28. The van der Waals surface area contributed by atoms with Crippen LogP contribution in [-0.2, 0) is 6.42 Å². The van der Waals surface area contributed by atoms with Crippen molar-refractivity contribution < 1.29 is 4.42 Å². The topological polar surface area (TPSA) is 52.0 Å². The summed E-state index contributed by atoms with van der Waals surface area (Å²) in [5, 5.41) is 2.37. The van der Waals surface area contributed by atoms with Gasteiger partial charge in [-0.1, -0.05) is 34.1 Å². The second-order valence-electron chi connectivity index (χ2n) is 4.36. The molecular weight excluding hydrogens is 304 g/mol. The van der Waals surface area contributed by atoms with Crippen LogP contribution in [0.25, 0.3) is 22.1 Å². The predicted molar refractivity (Wildman–Crippen MR) is 79.9 cm³/mol. The highest BCUT2D eigenvalue weighted by Gasteiger charge is 2.06. The first kappa shape index (κ1) is 12.4. The molecular formula is C15H13BrN2O. The van der Waals surface area contributed by atoms with E-state index in [1.54, 1.807) is 6.20 Å². The highest BCUT2D eigenvalue weighted by atomic mass is 79.9. The smallest absolute Gasteiger partial charge is 0.196 e. The summed E-state index contributed by atoms with van der Waals surface area (Å²) in [5.74, 6) is 1.47. The normalized spacial score (nSPS) is 11.1. The molecule has 3 aromatic rings. The molecule has 0 amide bonds. The number of hydrogen-bond acceptors (Lipinski definition) is 3. The third-order valence-electron chi connectivity index (χ3n) is 3.00. The lowest BCUT2D eigenvalue weighted by atomic mass is 10.1. The van der Waals surface area contributed by atoms with Crippen LogP contribution in [0.15, 0.2) is 51.5 Å². The number of nitrogens with zero attached hydrogens (tertiary/aromatic N) is 1. The Labute approximate surface area is 119 Å². The van der Waals surface area contributed by atoms with Crippen molar-refractivity contribution in [3.63, 3.8) is 0 Å². The highest BCUT2D eigenvalue weighted by molar-refractivity contribution is 9.10. The molecule has 4 heteroatoms. The number of benzene rings is 2. The third kappa shape index (κ3) is 2.55. The van der Waals surface area contributed by atoms with Gasteiger partial charge < -0.3 is 10.2 Å². The highest BCUT2D eigenvalue weighted by Crippen LogP contribution is 2.27. The van der Waals surface area contributed by atoms with E-state index in [0.717, 1.165) is 15.8 Å². The maximum atomic E-state index is 5.68. The third-order valence-corrected chi connectivity index (χ3v) is 3.49. The molecule has 3 nitrogen and oxygen atoms in total. The molecule has 0 saturated heterocycles.